The molecule has 2 aromatic carbocycles. The number of ether oxygens (including phenoxy) is 3. The van der Waals surface area contributed by atoms with Crippen molar-refractivity contribution in [3.05, 3.63) is 63.6 Å². The summed E-state index contributed by atoms with van der Waals surface area (Å²) in [4.78, 5) is 35.9. The summed E-state index contributed by atoms with van der Waals surface area (Å²) < 4.78 is 16.5. The van der Waals surface area contributed by atoms with E-state index in [-0.39, 0.29) is 45.1 Å². The van der Waals surface area contributed by atoms with Gasteiger partial charge in [0.2, 0.25) is 6.79 Å². The van der Waals surface area contributed by atoms with E-state index in [2.05, 4.69) is 26.6 Å². The minimum absolute atomic E-state index is 0.0305. The summed E-state index contributed by atoms with van der Waals surface area (Å²) in [7, 11) is 0. The molecule has 3 aliphatic rings. The molecule has 2 N–H and O–H groups in total. The molecule has 4 aromatic rings. The highest BCUT2D eigenvalue weighted by Gasteiger charge is 2.38. The Morgan fingerprint density at radius 2 is 1.95 bits per heavy atom. The first-order valence-electron chi connectivity index (χ1n) is 12.8. The highest BCUT2D eigenvalue weighted by atomic mass is 35.5. The lowest BCUT2D eigenvalue weighted by Crippen LogP contribution is -2.35. The fourth-order valence-corrected chi connectivity index (χ4v) is 6.39. The molecule has 0 bridgehead atoms. The molecule has 1 fully saturated rings. The van der Waals surface area contributed by atoms with Gasteiger partial charge < -0.3 is 24.8 Å². The van der Waals surface area contributed by atoms with Gasteiger partial charge in [0.05, 0.1) is 40.6 Å². The molecule has 7 rings (SSSR count). The van der Waals surface area contributed by atoms with Gasteiger partial charge >= 0.3 is 6.03 Å². The minimum Gasteiger partial charge on any atom is -0.454 e. The number of urea groups is 1. The summed E-state index contributed by atoms with van der Waals surface area (Å²) in [6.07, 6.45) is 1.38. The predicted molar refractivity (Wildman–Crippen MR) is 154 cm³/mol. The minimum atomic E-state index is -0.604. The standard InChI is InChI=1S/C28H21ClN6O5S/c29-18-5-6-19-24(40-14-39-19)23(18)35-22-16(11-30)12-31-27-20(22)21(33-28(35)37)25(41-27)26(36)32-17-3-1-15(2-4-17)13-34-7-9-38-10-8-34/h1-6,12H,7-10,13-14H2,(H,32,36)(H,33,37). The van der Waals surface area contributed by atoms with E-state index in [1.807, 2.05) is 24.3 Å². The van der Waals surface area contributed by atoms with Crippen LogP contribution < -0.4 is 25.0 Å². The fourth-order valence-electron chi connectivity index (χ4n) is 5.16. The monoisotopic (exact) mass is 588 g/mol. The van der Waals surface area contributed by atoms with Crippen molar-refractivity contribution in [1.82, 2.24) is 9.88 Å². The Morgan fingerprint density at radius 1 is 1.15 bits per heavy atom. The first-order valence-corrected chi connectivity index (χ1v) is 14.0. The lowest BCUT2D eigenvalue weighted by atomic mass is 10.1. The summed E-state index contributed by atoms with van der Waals surface area (Å²) in [5.41, 5.74) is 2.68. The number of carbonyl (C=O) groups is 2. The van der Waals surface area contributed by atoms with Gasteiger partial charge in [0.25, 0.3) is 5.91 Å². The summed E-state index contributed by atoms with van der Waals surface area (Å²) in [5.74, 6) is 0.306. The van der Waals surface area contributed by atoms with Crippen LogP contribution in [0, 0.1) is 11.3 Å². The average molecular weight is 589 g/mol. The van der Waals surface area contributed by atoms with E-state index in [1.54, 1.807) is 12.1 Å². The van der Waals surface area contributed by atoms with Crippen LogP contribution in [0.4, 0.5) is 27.5 Å². The van der Waals surface area contributed by atoms with Crippen LogP contribution >= 0.6 is 22.9 Å². The molecule has 5 heterocycles. The highest BCUT2D eigenvalue weighted by Crippen LogP contribution is 2.53. The number of fused-ring (bicyclic) bond motifs is 1. The number of nitrogens with one attached hydrogen (secondary N) is 2. The molecule has 0 saturated carbocycles. The second kappa shape index (κ2) is 10.2. The Balaban J connectivity index is 1.24. The van der Waals surface area contributed by atoms with Crippen molar-refractivity contribution in [3.63, 3.8) is 0 Å². The molecule has 11 nitrogen and oxygen atoms in total. The molecular formula is C28H21ClN6O5S. The van der Waals surface area contributed by atoms with Gasteiger partial charge in [0, 0.05) is 31.5 Å². The zero-order valence-corrected chi connectivity index (χ0v) is 23.0. The van der Waals surface area contributed by atoms with Crippen LogP contribution in [0.3, 0.4) is 0 Å². The molecule has 3 amide bonds. The van der Waals surface area contributed by atoms with Crippen LogP contribution in [0.5, 0.6) is 11.5 Å². The van der Waals surface area contributed by atoms with Gasteiger partial charge in [-0.1, -0.05) is 23.7 Å². The van der Waals surface area contributed by atoms with E-state index in [4.69, 9.17) is 25.8 Å². The summed E-state index contributed by atoms with van der Waals surface area (Å²) >= 11 is 7.67. The van der Waals surface area contributed by atoms with Crippen molar-refractivity contribution >= 4 is 67.8 Å². The Labute approximate surface area is 242 Å². The predicted octanol–water partition coefficient (Wildman–Crippen LogP) is 5.32. The van der Waals surface area contributed by atoms with Crippen LogP contribution in [0.25, 0.3) is 10.2 Å². The van der Waals surface area contributed by atoms with E-state index in [9.17, 15) is 14.9 Å². The maximum absolute atomic E-state index is 13.6. The van der Waals surface area contributed by atoms with E-state index < -0.39 is 11.9 Å². The van der Waals surface area contributed by atoms with Crippen molar-refractivity contribution in [2.75, 3.05) is 48.6 Å². The molecular weight excluding hydrogens is 568 g/mol. The molecule has 0 spiro atoms. The summed E-state index contributed by atoms with van der Waals surface area (Å²) in [6.45, 7) is 4.02. The molecule has 0 aliphatic carbocycles. The normalized spacial score (nSPS) is 16.0. The van der Waals surface area contributed by atoms with Crippen molar-refractivity contribution < 1.29 is 23.8 Å². The van der Waals surface area contributed by atoms with Gasteiger partial charge in [-0.25, -0.2) is 9.78 Å². The lowest BCUT2D eigenvalue weighted by Gasteiger charge is -2.30. The molecule has 0 atom stereocenters. The number of aromatic nitrogens is 1. The van der Waals surface area contributed by atoms with Crippen molar-refractivity contribution in [2.45, 2.75) is 6.54 Å². The zero-order valence-electron chi connectivity index (χ0n) is 21.4. The van der Waals surface area contributed by atoms with Gasteiger partial charge in [0.15, 0.2) is 11.5 Å². The van der Waals surface area contributed by atoms with Gasteiger partial charge in [-0.05, 0) is 29.8 Å². The summed E-state index contributed by atoms with van der Waals surface area (Å²) in [6, 6.07) is 12.4. The third-order valence-corrected chi connectivity index (χ3v) is 8.49. The molecule has 0 unspecified atom stereocenters. The number of anilines is 4. The smallest absolute Gasteiger partial charge is 0.331 e. The number of rotatable bonds is 5. The van der Waals surface area contributed by atoms with Crippen LogP contribution in [0.1, 0.15) is 20.8 Å². The number of amides is 3. The Hall–Kier alpha value is -4.41. The maximum Gasteiger partial charge on any atom is 0.331 e. The average Bonchev–Trinajstić information content (AvgIpc) is 3.61. The van der Waals surface area contributed by atoms with E-state index >= 15 is 0 Å². The summed E-state index contributed by atoms with van der Waals surface area (Å²) in [5, 5.41) is 16.4. The largest absolute Gasteiger partial charge is 0.454 e. The third kappa shape index (κ3) is 4.39. The van der Waals surface area contributed by atoms with Crippen LogP contribution in [0.15, 0.2) is 42.6 Å². The highest BCUT2D eigenvalue weighted by molar-refractivity contribution is 7.21. The molecule has 2 aromatic heterocycles. The quantitative estimate of drug-likeness (QED) is 0.321. The topological polar surface area (TPSA) is 129 Å². The maximum atomic E-state index is 13.6. The number of nitriles is 1. The van der Waals surface area contributed by atoms with Crippen LogP contribution in [0.2, 0.25) is 5.02 Å². The number of hydrogen-bond acceptors (Lipinski definition) is 9. The van der Waals surface area contributed by atoms with Crippen molar-refractivity contribution in [2.24, 2.45) is 0 Å². The van der Waals surface area contributed by atoms with Gasteiger partial charge in [-0.2, -0.15) is 5.26 Å². The zero-order chi connectivity index (χ0) is 28.1. The first kappa shape index (κ1) is 25.6. The SMILES string of the molecule is N#Cc1cnc2sc(C(=O)Nc3ccc(CN4CCOCC4)cc3)c3c2c1N(c1c(Cl)ccc2c1OCO2)C(=O)N3. The fraction of sp³-hybridized carbons (Fsp3) is 0.214. The van der Waals surface area contributed by atoms with Crippen LogP contribution in [-0.2, 0) is 11.3 Å². The third-order valence-electron chi connectivity index (χ3n) is 7.09. The number of halogens is 1. The number of benzene rings is 2. The number of thiophene rings is 1. The van der Waals surface area contributed by atoms with Gasteiger partial charge in [0.1, 0.15) is 21.5 Å². The molecule has 206 valence electrons. The molecule has 3 aliphatic heterocycles. The Kier molecular flexibility index (Phi) is 6.36. The molecule has 0 radical (unpaired) electrons. The number of carbonyl (C=O) groups excluding carboxylic acids is 2. The molecule has 1 saturated heterocycles. The lowest BCUT2D eigenvalue weighted by molar-refractivity contribution is 0.0342. The molecule has 13 heteroatoms. The number of morpholine rings is 1. The second-order valence-corrected chi connectivity index (χ2v) is 11.0. The van der Waals surface area contributed by atoms with Crippen molar-refractivity contribution in [3.8, 4) is 17.6 Å². The number of nitrogens with zero attached hydrogens (tertiary/aromatic N) is 4. The van der Waals surface area contributed by atoms with E-state index in [0.717, 1.165) is 49.7 Å². The number of hydrogen-bond donors (Lipinski definition) is 2. The van der Waals surface area contributed by atoms with Crippen LogP contribution in [-0.4, -0.2) is 54.9 Å². The molecule has 41 heavy (non-hydrogen) atoms. The first-order chi connectivity index (χ1) is 20.0. The second-order valence-electron chi connectivity index (χ2n) is 9.55. The van der Waals surface area contributed by atoms with E-state index in [0.29, 0.717) is 21.7 Å². The Morgan fingerprint density at radius 3 is 2.73 bits per heavy atom. The number of pyridine rings is 1. The van der Waals surface area contributed by atoms with Gasteiger partial charge in [-0.3, -0.25) is 14.6 Å². The van der Waals surface area contributed by atoms with Gasteiger partial charge in [-0.15, -0.1) is 11.3 Å². The Bertz CT molecular complexity index is 1760. The van der Waals surface area contributed by atoms with Crippen molar-refractivity contribution in [1.29, 1.82) is 5.26 Å². The van der Waals surface area contributed by atoms with E-state index in [1.165, 1.54) is 11.1 Å².